The van der Waals surface area contributed by atoms with Gasteiger partial charge in [0.25, 0.3) is 0 Å². The minimum absolute atomic E-state index is 0.563. The molecule has 0 bridgehead atoms. The molecule has 0 N–H and O–H groups in total. The third-order valence-electron chi connectivity index (χ3n) is 1.76. The molecule has 0 spiro atoms. The Labute approximate surface area is 80.0 Å². The van der Waals surface area contributed by atoms with Crippen molar-refractivity contribution in [3.8, 4) is 0 Å². The van der Waals surface area contributed by atoms with Gasteiger partial charge in [0.05, 0.1) is 0 Å². The first-order valence-corrected chi connectivity index (χ1v) is 4.22. The van der Waals surface area contributed by atoms with Crippen LogP contribution in [-0.2, 0) is 6.42 Å². The minimum atomic E-state index is -0.814. The van der Waals surface area contributed by atoms with E-state index in [1.165, 1.54) is 12.1 Å². The number of rotatable bonds is 3. The molecule has 1 aromatic rings. The molecule has 5 heteroatoms. The molecule has 0 saturated carbocycles. The van der Waals surface area contributed by atoms with E-state index in [1.54, 1.807) is 0 Å². The monoisotopic (exact) mass is 197 g/mol. The summed E-state index contributed by atoms with van der Waals surface area (Å²) in [4.78, 5) is 2.35. The Morgan fingerprint density at radius 2 is 1.93 bits per heavy atom. The van der Waals surface area contributed by atoms with Crippen molar-refractivity contribution in [2.45, 2.75) is 19.8 Å². The number of azide groups is 1. The molecule has 0 atom stereocenters. The third kappa shape index (κ3) is 2.20. The summed E-state index contributed by atoms with van der Waals surface area (Å²) < 4.78 is 26.2. The molecular formula is C9H9F2N3. The number of hydrogen-bond donors (Lipinski definition) is 0. The summed E-state index contributed by atoms with van der Waals surface area (Å²) in [6.07, 6.45) is 1.41. The molecular weight excluding hydrogens is 188 g/mol. The summed E-state index contributed by atoms with van der Waals surface area (Å²) in [5.41, 5.74) is 8.07. The molecule has 1 aromatic carbocycles. The van der Waals surface area contributed by atoms with Crippen LogP contribution in [0.1, 0.15) is 18.9 Å². The molecule has 0 aliphatic carbocycles. The molecule has 0 heterocycles. The maximum absolute atomic E-state index is 13.1. The Morgan fingerprint density at radius 1 is 1.36 bits per heavy atom. The van der Waals surface area contributed by atoms with Crippen LogP contribution in [0.4, 0.5) is 14.5 Å². The van der Waals surface area contributed by atoms with Gasteiger partial charge in [-0.05, 0) is 29.6 Å². The van der Waals surface area contributed by atoms with Crippen LogP contribution >= 0.6 is 0 Å². The summed E-state index contributed by atoms with van der Waals surface area (Å²) in [5.74, 6) is -1.63. The van der Waals surface area contributed by atoms with E-state index in [-0.39, 0.29) is 0 Å². The van der Waals surface area contributed by atoms with Crippen molar-refractivity contribution in [1.82, 2.24) is 0 Å². The van der Waals surface area contributed by atoms with Crippen molar-refractivity contribution in [2.75, 3.05) is 0 Å². The molecule has 1 rings (SSSR count). The fourth-order valence-corrected chi connectivity index (χ4v) is 1.19. The van der Waals surface area contributed by atoms with Crippen molar-refractivity contribution in [3.63, 3.8) is 0 Å². The minimum Gasteiger partial charge on any atom is -0.206 e. The highest BCUT2D eigenvalue weighted by molar-refractivity contribution is 5.42. The van der Waals surface area contributed by atoms with E-state index in [1.807, 2.05) is 6.92 Å². The van der Waals surface area contributed by atoms with Gasteiger partial charge < -0.3 is 0 Å². The van der Waals surface area contributed by atoms with E-state index in [2.05, 4.69) is 10.0 Å². The van der Waals surface area contributed by atoms with Gasteiger partial charge >= 0.3 is 0 Å². The molecule has 0 fully saturated rings. The molecule has 0 aliphatic heterocycles. The Balaban J connectivity index is 3.17. The summed E-state index contributed by atoms with van der Waals surface area (Å²) >= 11 is 0. The highest BCUT2D eigenvalue weighted by Crippen LogP contribution is 2.24. The lowest BCUT2D eigenvalue weighted by atomic mass is 10.1. The van der Waals surface area contributed by atoms with Crippen molar-refractivity contribution in [3.05, 3.63) is 39.8 Å². The molecule has 0 unspecified atom stereocenters. The molecule has 14 heavy (non-hydrogen) atoms. The molecule has 0 saturated heterocycles. The van der Waals surface area contributed by atoms with E-state index in [9.17, 15) is 8.78 Å². The van der Waals surface area contributed by atoms with Gasteiger partial charge in [0.15, 0.2) is 0 Å². The van der Waals surface area contributed by atoms with Gasteiger partial charge in [-0.1, -0.05) is 18.5 Å². The first-order chi connectivity index (χ1) is 6.69. The predicted molar refractivity (Wildman–Crippen MR) is 49.2 cm³/mol. The van der Waals surface area contributed by atoms with Gasteiger partial charge in [-0.3, -0.25) is 0 Å². The van der Waals surface area contributed by atoms with Crippen LogP contribution in [-0.4, -0.2) is 0 Å². The van der Waals surface area contributed by atoms with E-state index >= 15 is 0 Å². The highest BCUT2D eigenvalue weighted by atomic mass is 19.1. The van der Waals surface area contributed by atoms with Gasteiger partial charge in [-0.25, -0.2) is 8.78 Å². The second-order valence-corrected chi connectivity index (χ2v) is 2.85. The van der Waals surface area contributed by atoms with Gasteiger partial charge in [0.1, 0.15) is 17.3 Å². The fourth-order valence-electron chi connectivity index (χ4n) is 1.19. The highest BCUT2D eigenvalue weighted by Gasteiger charge is 2.08. The first-order valence-electron chi connectivity index (χ1n) is 4.22. The second kappa shape index (κ2) is 4.58. The normalized spacial score (nSPS) is 9.64. The van der Waals surface area contributed by atoms with Crippen molar-refractivity contribution in [2.24, 2.45) is 5.11 Å². The van der Waals surface area contributed by atoms with Crippen LogP contribution in [0.3, 0.4) is 0 Å². The lowest BCUT2D eigenvalue weighted by Gasteiger charge is -2.02. The standard InChI is InChI=1S/C9H9F2N3/c1-2-3-6-4-7(10)9(13-14-12)8(11)5-6/h4-5H,2-3H2,1H3. The van der Waals surface area contributed by atoms with E-state index in [0.29, 0.717) is 12.0 Å². The van der Waals surface area contributed by atoms with Gasteiger partial charge in [-0.15, -0.1) is 0 Å². The molecule has 0 aliphatic rings. The first kappa shape index (κ1) is 10.5. The Bertz CT molecular complexity index is 361. The molecule has 0 amide bonds. The lowest BCUT2D eigenvalue weighted by molar-refractivity contribution is 0.583. The van der Waals surface area contributed by atoms with Crippen LogP contribution in [0.2, 0.25) is 0 Å². The smallest absolute Gasteiger partial charge is 0.136 e. The summed E-state index contributed by atoms with van der Waals surface area (Å²) in [7, 11) is 0. The van der Waals surface area contributed by atoms with Gasteiger partial charge in [-0.2, -0.15) is 0 Å². The Morgan fingerprint density at radius 3 is 2.36 bits per heavy atom. The number of aryl methyl sites for hydroxylation is 1. The Hall–Kier alpha value is -1.61. The van der Waals surface area contributed by atoms with Crippen LogP contribution in [0.25, 0.3) is 10.4 Å². The molecule has 0 radical (unpaired) electrons. The van der Waals surface area contributed by atoms with E-state index in [4.69, 9.17) is 5.53 Å². The third-order valence-corrected chi connectivity index (χ3v) is 1.76. The van der Waals surface area contributed by atoms with Crippen molar-refractivity contribution >= 4 is 5.69 Å². The van der Waals surface area contributed by atoms with E-state index in [0.717, 1.165) is 6.42 Å². The van der Waals surface area contributed by atoms with Crippen LogP contribution in [0.5, 0.6) is 0 Å². The number of hydrogen-bond acceptors (Lipinski definition) is 1. The average Bonchev–Trinajstić information content (AvgIpc) is 2.12. The fraction of sp³-hybridized carbons (Fsp3) is 0.333. The van der Waals surface area contributed by atoms with Crippen molar-refractivity contribution in [1.29, 1.82) is 0 Å². The molecule has 74 valence electrons. The quantitative estimate of drug-likeness (QED) is 0.401. The second-order valence-electron chi connectivity index (χ2n) is 2.85. The van der Waals surface area contributed by atoms with Gasteiger partial charge in [0, 0.05) is 4.91 Å². The SMILES string of the molecule is CCCc1cc(F)c(N=[N+]=[N-])c(F)c1. The molecule has 3 nitrogen and oxygen atoms in total. The van der Waals surface area contributed by atoms with Crippen LogP contribution < -0.4 is 0 Å². The zero-order valence-electron chi connectivity index (χ0n) is 7.67. The summed E-state index contributed by atoms with van der Waals surface area (Å²) in [6, 6.07) is 2.38. The van der Waals surface area contributed by atoms with Crippen molar-refractivity contribution < 1.29 is 8.78 Å². The van der Waals surface area contributed by atoms with Crippen LogP contribution in [0.15, 0.2) is 17.2 Å². The zero-order chi connectivity index (χ0) is 10.6. The number of benzene rings is 1. The molecule has 0 aromatic heterocycles. The maximum Gasteiger partial charge on any atom is 0.136 e. The summed E-state index contributed by atoms with van der Waals surface area (Å²) in [6.45, 7) is 1.91. The van der Waals surface area contributed by atoms with Crippen LogP contribution in [0, 0.1) is 11.6 Å². The Kier molecular flexibility index (Phi) is 3.42. The number of nitrogens with zero attached hydrogens (tertiary/aromatic N) is 3. The van der Waals surface area contributed by atoms with E-state index < -0.39 is 17.3 Å². The lowest BCUT2D eigenvalue weighted by Crippen LogP contribution is -1.89. The largest absolute Gasteiger partial charge is 0.206 e. The summed E-state index contributed by atoms with van der Waals surface area (Å²) in [5, 5.41) is 2.94. The number of halogens is 2. The van der Waals surface area contributed by atoms with Gasteiger partial charge in [0.2, 0.25) is 0 Å². The average molecular weight is 197 g/mol. The maximum atomic E-state index is 13.1. The zero-order valence-corrected chi connectivity index (χ0v) is 7.67. The topological polar surface area (TPSA) is 48.8 Å². The predicted octanol–water partition coefficient (Wildman–Crippen LogP) is 3.86.